The molecule has 7 nitrogen and oxygen atoms in total. The molecule has 116 valence electrons. The topological polar surface area (TPSA) is 76.1 Å². The number of methoxy groups -OCH3 is 1. The molecule has 0 aliphatic carbocycles. The Labute approximate surface area is 129 Å². The molecule has 2 aromatic rings. The maximum Gasteiger partial charge on any atom is 0.222 e. The first kappa shape index (κ1) is 14.6. The first-order valence-electron chi connectivity index (χ1n) is 7.34. The molecule has 0 unspecified atom stereocenters. The minimum atomic E-state index is 0.209. The zero-order valence-corrected chi connectivity index (χ0v) is 12.8. The normalized spacial score (nSPS) is 21.1. The van der Waals surface area contributed by atoms with Gasteiger partial charge in [-0.3, -0.25) is 0 Å². The number of hydrogen-bond donors (Lipinski definition) is 1. The summed E-state index contributed by atoms with van der Waals surface area (Å²) in [6.07, 6.45) is 8.10. The fourth-order valence-corrected chi connectivity index (χ4v) is 2.67. The molecule has 2 atom stereocenters. The van der Waals surface area contributed by atoms with Crippen LogP contribution < -0.4 is 10.2 Å². The highest BCUT2D eigenvalue weighted by Gasteiger charge is 2.32. The van der Waals surface area contributed by atoms with Crippen molar-refractivity contribution < 1.29 is 4.74 Å². The van der Waals surface area contributed by atoms with Crippen molar-refractivity contribution in [3.8, 4) is 0 Å². The Bertz CT molecular complexity index is 591. The number of anilines is 2. The van der Waals surface area contributed by atoms with Gasteiger partial charge in [0, 0.05) is 38.8 Å². The Balaban J connectivity index is 1.68. The van der Waals surface area contributed by atoms with Gasteiger partial charge in [0.05, 0.1) is 12.1 Å². The third-order valence-electron chi connectivity index (χ3n) is 3.85. The number of ether oxygens (including phenoxy) is 1. The van der Waals surface area contributed by atoms with Gasteiger partial charge >= 0.3 is 0 Å². The molecule has 0 aromatic carbocycles. The number of nitrogens with one attached hydrogen (secondary N) is 1. The van der Waals surface area contributed by atoms with Crippen molar-refractivity contribution in [2.45, 2.75) is 25.5 Å². The Morgan fingerprint density at radius 1 is 1.32 bits per heavy atom. The molecular weight excluding hydrogens is 280 g/mol. The first-order chi connectivity index (χ1) is 10.8. The third-order valence-corrected chi connectivity index (χ3v) is 3.85. The van der Waals surface area contributed by atoms with Crippen LogP contribution in [-0.2, 0) is 4.74 Å². The van der Waals surface area contributed by atoms with Gasteiger partial charge in [0.15, 0.2) is 0 Å². The van der Waals surface area contributed by atoms with E-state index in [1.54, 1.807) is 19.6 Å². The number of aromatic nitrogens is 4. The van der Waals surface area contributed by atoms with E-state index in [4.69, 9.17) is 4.74 Å². The van der Waals surface area contributed by atoms with E-state index in [1.807, 2.05) is 25.4 Å². The summed E-state index contributed by atoms with van der Waals surface area (Å²) in [6.45, 7) is 3.54. The molecule has 3 rings (SSSR count). The van der Waals surface area contributed by atoms with Crippen LogP contribution in [0.4, 0.5) is 11.8 Å². The first-order valence-corrected chi connectivity index (χ1v) is 7.34. The summed E-state index contributed by atoms with van der Waals surface area (Å²) >= 11 is 0. The van der Waals surface area contributed by atoms with E-state index in [0.29, 0.717) is 5.95 Å². The van der Waals surface area contributed by atoms with Crippen LogP contribution in [0.25, 0.3) is 0 Å². The fourth-order valence-electron chi connectivity index (χ4n) is 2.67. The van der Waals surface area contributed by atoms with Crippen molar-refractivity contribution in [1.29, 1.82) is 0 Å². The second kappa shape index (κ2) is 6.65. The molecule has 0 bridgehead atoms. The molecule has 0 amide bonds. The summed E-state index contributed by atoms with van der Waals surface area (Å²) in [7, 11) is 1.75. The van der Waals surface area contributed by atoms with Gasteiger partial charge in [-0.2, -0.15) is 0 Å². The Kier molecular flexibility index (Phi) is 4.43. The molecule has 1 saturated heterocycles. The molecule has 22 heavy (non-hydrogen) atoms. The Morgan fingerprint density at radius 3 is 2.82 bits per heavy atom. The van der Waals surface area contributed by atoms with Gasteiger partial charge in [-0.1, -0.05) is 0 Å². The van der Waals surface area contributed by atoms with Crippen LogP contribution in [0, 0.1) is 6.92 Å². The van der Waals surface area contributed by atoms with Crippen molar-refractivity contribution in [2.75, 3.05) is 30.4 Å². The lowest BCUT2D eigenvalue weighted by molar-refractivity contribution is 0.118. The zero-order valence-electron chi connectivity index (χ0n) is 12.8. The van der Waals surface area contributed by atoms with E-state index in [0.717, 1.165) is 30.9 Å². The van der Waals surface area contributed by atoms with Crippen molar-refractivity contribution in [3.05, 3.63) is 36.5 Å². The fraction of sp³-hybridized carbons (Fsp3) is 0.467. The number of aryl methyl sites for hydroxylation is 1. The van der Waals surface area contributed by atoms with Crippen molar-refractivity contribution in [1.82, 2.24) is 19.9 Å². The van der Waals surface area contributed by atoms with Gasteiger partial charge in [0.1, 0.15) is 12.1 Å². The summed E-state index contributed by atoms with van der Waals surface area (Å²) in [6, 6.07) is 2.21. The standard InChI is InChI=1S/C15H20N6O/c1-11-6-17-15(18-7-11)19-8-12-5-13(22-2)9-21(12)14-3-4-16-10-20-14/h3-4,6-7,10,12-13H,5,8-9H2,1-2H3,(H,17,18,19)/t12-,13-/m1/s1. The monoisotopic (exact) mass is 300 g/mol. The zero-order chi connectivity index (χ0) is 15.4. The molecule has 1 aliphatic rings. The Morgan fingerprint density at radius 2 is 2.14 bits per heavy atom. The maximum atomic E-state index is 5.52. The van der Waals surface area contributed by atoms with E-state index in [1.165, 1.54) is 0 Å². The molecule has 7 heteroatoms. The molecular formula is C15H20N6O. The van der Waals surface area contributed by atoms with Crippen LogP contribution in [0.5, 0.6) is 0 Å². The molecule has 1 aliphatic heterocycles. The SMILES string of the molecule is CO[C@@H]1C[C@H](CNc2ncc(C)cn2)N(c2ccncn2)C1. The molecule has 0 spiro atoms. The number of hydrogen-bond acceptors (Lipinski definition) is 7. The van der Waals surface area contributed by atoms with E-state index >= 15 is 0 Å². The van der Waals surface area contributed by atoms with Crippen molar-refractivity contribution in [2.24, 2.45) is 0 Å². The highest BCUT2D eigenvalue weighted by Crippen LogP contribution is 2.25. The van der Waals surface area contributed by atoms with E-state index in [2.05, 4.69) is 30.2 Å². The van der Waals surface area contributed by atoms with E-state index < -0.39 is 0 Å². The average molecular weight is 300 g/mol. The lowest BCUT2D eigenvalue weighted by Crippen LogP contribution is -2.35. The molecule has 1 N–H and O–H groups in total. The number of nitrogens with zero attached hydrogens (tertiary/aromatic N) is 5. The minimum absolute atomic E-state index is 0.209. The lowest BCUT2D eigenvalue weighted by atomic mass is 10.2. The maximum absolute atomic E-state index is 5.52. The molecule has 0 saturated carbocycles. The van der Waals surface area contributed by atoms with Crippen LogP contribution in [0.1, 0.15) is 12.0 Å². The van der Waals surface area contributed by atoms with Gasteiger partial charge in [0.2, 0.25) is 5.95 Å². The van der Waals surface area contributed by atoms with Gasteiger partial charge in [-0.05, 0) is 25.0 Å². The molecule has 3 heterocycles. The largest absolute Gasteiger partial charge is 0.380 e. The van der Waals surface area contributed by atoms with Crippen LogP contribution in [0.3, 0.4) is 0 Å². The van der Waals surface area contributed by atoms with Crippen molar-refractivity contribution in [3.63, 3.8) is 0 Å². The quantitative estimate of drug-likeness (QED) is 0.891. The summed E-state index contributed by atoms with van der Waals surface area (Å²) in [5.74, 6) is 1.57. The second-order valence-corrected chi connectivity index (χ2v) is 5.43. The molecule has 2 aromatic heterocycles. The smallest absolute Gasteiger partial charge is 0.222 e. The summed E-state index contributed by atoms with van der Waals surface area (Å²) in [5.41, 5.74) is 1.05. The number of rotatable bonds is 5. The summed E-state index contributed by atoms with van der Waals surface area (Å²) in [5, 5.41) is 3.30. The minimum Gasteiger partial charge on any atom is -0.380 e. The third kappa shape index (κ3) is 3.30. The van der Waals surface area contributed by atoms with Crippen molar-refractivity contribution >= 4 is 11.8 Å². The second-order valence-electron chi connectivity index (χ2n) is 5.43. The Hall–Kier alpha value is -2.28. The van der Waals surface area contributed by atoms with E-state index in [-0.39, 0.29) is 12.1 Å². The average Bonchev–Trinajstić information content (AvgIpc) is 2.98. The summed E-state index contributed by atoms with van der Waals surface area (Å²) < 4.78 is 5.52. The van der Waals surface area contributed by atoms with E-state index in [9.17, 15) is 0 Å². The summed E-state index contributed by atoms with van der Waals surface area (Å²) in [4.78, 5) is 19.1. The van der Waals surface area contributed by atoms with Crippen LogP contribution in [0.2, 0.25) is 0 Å². The van der Waals surface area contributed by atoms with Gasteiger partial charge in [0.25, 0.3) is 0 Å². The van der Waals surface area contributed by atoms with Crippen LogP contribution in [-0.4, -0.2) is 52.3 Å². The van der Waals surface area contributed by atoms with Crippen LogP contribution in [0.15, 0.2) is 31.0 Å². The van der Waals surface area contributed by atoms with Gasteiger partial charge in [-0.25, -0.2) is 19.9 Å². The highest BCUT2D eigenvalue weighted by molar-refractivity contribution is 5.41. The molecule has 0 radical (unpaired) electrons. The lowest BCUT2D eigenvalue weighted by Gasteiger charge is -2.25. The molecule has 1 fully saturated rings. The predicted molar refractivity (Wildman–Crippen MR) is 83.8 cm³/mol. The van der Waals surface area contributed by atoms with Gasteiger partial charge in [-0.15, -0.1) is 0 Å². The van der Waals surface area contributed by atoms with Crippen LogP contribution >= 0.6 is 0 Å². The predicted octanol–water partition coefficient (Wildman–Crippen LogP) is 1.28. The highest BCUT2D eigenvalue weighted by atomic mass is 16.5. The van der Waals surface area contributed by atoms with Gasteiger partial charge < -0.3 is 15.0 Å².